The Morgan fingerprint density at radius 1 is 1.17 bits per heavy atom. The predicted octanol–water partition coefficient (Wildman–Crippen LogP) is 4.85. The monoisotopic (exact) mass is 421 g/mol. The van der Waals surface area contributed by atoms with E-state index in [1.54, 1.807) is 12.3 Å². The van der Waals surface area contributed by atoms with Gasteiger partial charge in [0.05, 0.1) is 17.1 Å². The van der Waals surface area contributed by atoms with E-state index in [0.29, 0.717) is 5.16 Å². The van der Waals surface area contributed by atoms with Crippen molar-refractivity contribution in [1.29, 1.82) is 0 Å². The SMILES string of the molecule is Cc1ccccc1-n1ccnc1SCC(=O)Nc1ccccc1OCC(F)(F)F. The van der Waals surface area contributed by atoms with E-state index >= 15 is 0 Å². The summed E-state index contributed by atoms with van der Waals surface area (Å²) in [6.45, 7) is 0.552. The normalized spacial score (nSPS) is 11.3. The molecule has 0 saturated carbocycles. The van der Waals surface area contributed by atoms with Gasteiger partial charge in [0.1, 0.15) is 5.75 Å². The molecule has 5 nitrogen and oxygen atoms in total. The second-order valence-electron chi connectivity index (χ2n) is 6.10. The molecule has 9 heteroatoms. The number of aryl methyl sites for hydroxylation is 1. The number of hydrogen-bond donors (Lipinski definition) is 1. The molecule has 1 aromatic heterocycles. The fourth-order valence-corrected chi connectivity index (χ4v) is 3.35. The van der Waals surface area contributed by atoms with Crippen molar-refractivity contribution in [2.24, 2.45) is 0 Å². The Bertz CT molecular complexity index is 989. The summed E-state index contributed by atoms with van der Waals surface area (Å²) < 4.78 is 43.8. The third-order valence-corrected chi connectivity index (χ3v) is 4.83. The topological polar surface area (TPSA) is 56.2 Å². The zero-order chi connectivity index (χ0) is 20.9. The quantitative estimate of drug-likeness (QED) is 0.554. The van der Waals surface area contributed by atoms with Crippen molar-refractivity contribution in [3.05, 3.63) is 66.5 Å². The predicted molar refractivity (Wildman–Crippen MR) is 106 cm³/mol. The number of nitrogens with one attached hydrogen (secondary N) is 1. The number of para-hydroxylation sites is 3. The minimum atomic E-state index is -4.46. The minimum absolute atomic E-state index is 0.0374. The molecule has 0 aliphatic carbocycles. The third-order valence-electron chi connectivity index (χ3n) is 3.87. The van der Waals surface area contributed by atoms with Crippen molar-refractivity contribution in [2.45, 2.75) is 18.3 Å². The number of benzene rings is 2. The highest BCUT2D eigenvalue weighted by molar-refractivity contribution is 7.99. The number of nitrogens with zero attached hydrogens (tertiary/aromatic N) is 2. The average Bonchev–Trinajstić information content (AvgIpc) is 3.14. The van der Waals surface area contributed by atoms with Gasteiger partial charge in [-0.3, -0.25) is 9.36 Å². The van der Waals surface area contributed by atoms with Gasteiger partial charge in [-0.15, -0.1) is 0 Å². The van der Waals surface area contributed by atoms with E-state index in [9.17, 15) is 18.0 Å². The van der Waals surface area contributed by atoms with Crippen LogP contribution in [-0.2, 0) is 4.79 Å². The zero-order valence-corrected chi connectivity index (χ0v) is 16.3. The largest absolute Gasteiger partial charge is 0.482 e. The second-order valence-corrected chi connectivity index (χ2v) is 7.05. The van der Waals surface area contributed by atoms with E-state index in [4.69, 9.17) is 4.74 Å². The molecule has 0 unspecified atom stereocenters. The van der Waals surface area contributed by atoms with Gasteiger partial charge in [0.15, 0.2) is 11.8 Å². The van der Waals surface area contributed by atoms with Crippen LogP contribution in [0.4, 0.5) is 18.9 Å². The molecular formula is C20H18F3N3O2S. The molecule has 152 valence electrons. The Morgan fingerprint density at radius 3 is 2.66 bits per heavy atom. The Morgan fingerprint density at radius 2 is 1.90 bits per heavy atom. The zero-order valence-electron chi connectivity index (χ0n) is 15.4. The van der Waals surface area contributed by atoms with Gasteiger partial charge in [-0.25, -0.2) is 4.98 Å². The molecule has 0 spiro atoms. The molecule has 0 aliphatic rings. The van der Waals surface area contributed by atoms with Gasteiger partial charge in [0.25, 0.3) is 0 Å². The Balaban J connectivity index is 1.64. The summed E-state index contributed by atoms with van der Waals surface area (Å²) >= 11 is 1.23. The van der Waals surface area contributed by atoms with Crippen LogP contribution in [0.5, 0.6) is 5.75 Å². The van der Waals surface area contributed by atoms with E-state index in [-0.39, 0.29) is 23.1 Å². The number of aromatic nitrogens is 2. The maximum absolute atomic E-state index is 12.4. The molecule has 0 bridgehead atoms. The first-order valence-corrected chi connectivity index (χ1v) is 9.62. The summed E-state index contributed by atoms with van der Waals surface area (Å²) in [5.41, 5.74) is 2.20. The highest BCUT2D eigenvalue weighted by Crippen LogP contribution is 2.27. The number of carbonyl (C=O) groups is 1. The van der Waals surface area contributed by atoms with Crippen molar-refractivity contribution in [3.63, 3.8) is 0 Å². The third kappa shape index (κ3) is 5.77. The van der Waals surface area contributed by atoms with Crippen molar-refractivity contribution in [1.82, 2.24) is 9.55 Å². The smallest absolute Gasteiger partial charge is 0.422 e. The highest BCUT2D eigenvalue weighted by Gasteiger charge is 2.28. The molecule has 2 aromatic carbocycles. The van der Waals surface area contributed by atoms with Crippen molar-refractivity contribution < 1.29 is 22.7 Å². The number of alkyl halides is 3. The number of rotatable bonds is 7. The number of imidazole rings is 1. The van der Waals surface area contributed by atoms with Crippen LogP contribution in [0.3, 0.4) is 0 Å². The van der Waals surface area contributed by atoms with Gasteiger partial charge >= 0.3 is 6.18 Å². The molecule has 1 amide bonds. The Hall–Kier alpha value is -2.94. The van der Waals surface area contributed by atoms with Crippen LogP contribution in [0, 0.1) is 6.92 Å². The molecule has 0 radical (unpaired) electrons. The van der Waals surface area contributed by atoms with Gasteiger partial charge < -0.3 is 10.1 Å². The molecular weight excluding hydrogens is 403 g/mol. The summed E-state index contributed by atoms with van der Waals surface area (Å²) in [4.78, 5) is 16.6. The lowest BCUT2D eigenvalue weighted by Crippen LogP contribution is -2.20. The fourth-order valence-electron chi connectivity index (χ4n) is 2.59. The van der Waals surface area contributed by atoms with E-state index in [0.717, 1.165) is 11.3 Å². The Kier molecular flexibility index (Phi) is 6.48. The number of amides is 1. The molecule has 1 heterocycles. The molecule has 3 rings (SSSR count). The van der Waals surface area contributed by atoms with Crippen LogP contribution in [0.1, 0.15) is 5.56 Å². The van der Waals surface area contributed by atoms with E-state index in [1.165, 1.54) is 30.0 Å². The molecule has 1 N–H and O–H groups in total. The number of anilines is 1. The van der Waals surface area contributed by atoms with Crippen LogP contribution in [0.25, 0.3) is 5.69 Å². The van der Waals surface area contributed by atoms with E-state index < -0.39 is 12.8 Å². The van der Waals surface area contributed by atoms with Crippen molar-refractivity contribution in [2.75, 3.05) is 17.7 Å². The first-order chi connectivity index (χ1) is 13.8. The number of ether oxygens (including phenoxy) is 1. The van der Waals surface area contributed by atoms with Gasteiger partial charge in [-0.05, 0) is 30.7 Å². The number of halogens is 3. The van der Waals surface area contributed by atoms with Crippen LogP contribution in [-0.4, -0.2) is 34.0 Å². The van der Waals surface area contributed by atoms with Gasteiger partial charge in [-0.2, -0.15) is 13.2 Å². The standard InChI is InChI=1S/C20H18F3N3O2S/c1-14-6-2-4-8-16(14)26-11-10-24-19(26)29-12-18(27)25-15-7-3-5-9-17(15)28-13-20(21,22)23/h2-11H,12-13H2,1H3,(H,25,27). The van der Waals surface area contributed by atoms with Gasteiger partial charge in [0.2, 0.25) is 5.91 Å². The highest BCUT2D eigenvalue weighted by atomic mass is 32.2. The Labute approximate surface area is 169 Å². The summed E-state index contributed by atoms with van der Waals surface area (Å²) in [6, 6.07) is 13.8. The first-order valence-electron chi connectivity index (χ1n) is 8.64. The average molecular weight is 421 g/mol. The van der Waals surface area contributed by atoms with Crippen LogP contribution in [0.15, 0.2) is 66.1 Å². The van der Waals surface area contributed by atoms with Crippen molar-refractivity contribution in [3.8, 4) is 11.4 Å². The maximum Gasteiger partial charge on any atom is 0.422 e. The molecule has 0 atom stereocenters. The lowest BCUT2D eigenvalue weighted by molar-refractivity contribution is -0.153. The second kappa shape index (κ2) is 9.04. The molecule has 3 aromatic rings. The van der Waals surface area contributed by atoms with Gasteiger partial charge in [0, 0.05) is 12.4 Å². The lowest BCUT2D eigenvalue weighted by atomic mass is 10.2. The maximum atomic E-state index is 12.4. The number of thioether (sulfide) groups is 1. The fraction of sp³-hybridized carbons (Fsp3) is 0.200. The summed E-state index contributed by atoms with van der Waals surface area (Å²) in [7, 11) is 0. The van der Waals surface area contributed by atoms with E-state index in [1.807, 2.05) is 42.0 Å². The van der Waals surface area contributed by atoms with Crippen LogP contribution in [0.2, 0.25) is 0 Å². The minimum Gasteiger partial charge on any atom is -0.482 e. The summed E-state index contributed by atoms with van der Waals surface area (Å²) in [6.07, 6.45) is -1.00. The van der Waals surface area contributed by atoms with Crippen LogP contribution < -0.4 is 10.1 Å². The number of hydrogen-bond acceptors (Lipinski definition) is 4. The van der Waals surface area contributed by atoms with Gasteiger partial charge in [-0.1, -0.05) is 42.1 Å². The van der Waals surface area contributed by atoms with Crippen molar-refractivity contribution >= 4 is 23.4 Å². The van der Waals surface area contributed by atoms with Crippen LogP contribution >= 0.6 is 11.8 Å². The summed E-state index contributed by atoms with van der Waals surface area (Å²) in [5, 5.41) is 3.23. The number of carbonyl (C=O) groups excluding carboxylic acids is 1. The molecule has 0 aliphatic heterocycles. The molecule has 0 fully saturated rings. The molecule has 29 heavy (non-hydrogen) atoms. The summed E-state index contributed by atoms with van der Waals surface area (Å²) in [5.74, 6) is -0.377. The first kappa shape index (κ1) is 20.8. The molecule has 0 saturated heterocycles. The lowest BCUT2D eigenvalue weighted by Gasteiger charge is -2.14. The van der Waals surface area contributed by atoms with E-state index in [2.05, 4.69) is 10.3 Å².